The van der Waals surface area contributed by atoms with Gasteiger partial charge in [-0.15, -0.1) is 0 Å². The summed E-state index contributed by atoms with van der Waals surface area (Å²) in [5.41, 5.74) is 1.12. The summed E-state index contributed by atoms with van der Waals surface area (Å²) < 4.78 is 10.3. The molecule has 1 aromatic carbocycles. The van der Waals surface area contributed by atoms with Crippen molar-refractivity contribution in [1.82, 2.24) is 0 Å². The first-order chi connectivity index (χ1) is 6.17. The predicted molar refractivity (Wildman–Crippen MR) is 53.3 cm³/mol. The fraction of sp³-hybridized carbons (Fsp3) is 0.364. The van der Waals surface area contributed by atoms with Crippen LogP contribution in [0.15, 0.2) is 18.2 Å². The van der Waals surface area contributed by atoms with Gasteiger partial charge in [0.15, 0.2) is 0 Å². The Labute approximate surface area is 79.5 Å². The monoisotopic (exact) mass is 179 g/mol. The number of hydrogen-bond donors (Lipinski definition) is 0. The van der Waals surface area contributed by atoms with Crippen LogP contribution in [0, 0.1) is 6.92 Å². The average molecular weight is 179 g/mol. The minimum absolute atomic E-state index is 0.240. The van der Waals surface area contributed by atoms with Crippen molar-refractivity contribution in [3.8, 4) is 11.5 Å². The predicted octanol–water partition coefficient (Wildman–Crippen LogP) is 2.64. The van der Waals surface area contributed by atoms with Crippen LogP contribution in [-0.2, 0) is 0 Å². The Bertz CT molecular complexity index is 257. The molecule has 0 saturated carbocycles. The van der Waals surface area contributed by atoms with E-state index >= 15 is 0 Å². The van der Waals surface area contributed by atoms with E-state index in [1.54, 1.807) is 14.2 Å². The van der Waals surface area contributed by atoms with E-state index in [1.807, 2.05) is 25.1 Å². The fourth-order valence-electron chi connectivity index (χ4n) is 1.11. The van der Waals surface area contributed by atoms with Gasteiger partial charge in [-0.1, -0.05) is 6.92 Å². The standard InChI is InChI=1S/C11H15O2/c1-8(2)9-5-10(12-3)7-11(6-9)13-4/h5-8H,1H2,2-4H3. The second kappa shape index (κ2) is 4.17. The summed E-state index contributed by atoms with van der Waals surface area (Å²) in [7, 11) is 3.29. The zero-order valence-electron chi connectivity index (χ0n) is 8.33. The lowest BCUT2D eigenvalue weighted by atomic mass is 10.0. The van der Waals surface area contributed by atoms with Crippen molar-refractivity contribution in [3.05, 3.63) is 30.7 Å². The minimum atomic E-state index is 0.240. The van der Waals surface area contributed by atoms with Gasteiger partial charge in [-0.3, -0.25) is 0 Å². The van der Waals surface area contributed by atoms with Crippen LogP contribution in [0.4, 0.5) is 0 Å². The number of hydrogen-bond acceptors (Lipinski definition) is 2. The molecule has 2 nitrogen and oxygen atoms in total. The molecule has 71 valence electrons. The molecule has 0 aliphatic rings. The van der Waals surface area contributed by atoms with Crippen molar-refractivity contribution in [3.63, 3.8) is 0 Å². The molecule has 0 amide bonds. The Balaban J connectivity index is 3.07. The average Bonchev–Trinajstić information content (AvgIpc) is 2.16. The van der Waals surface area contributed by atoms with Crippen molar-refractivity contribution >= 4 is 0 Å². The topological polar surface area (TPSA) is 18.5 Å². The highest BCUT2D eigenvalue weighted by molar-refractivity contribution is 5.40. The molecule has 1 atom stereocenters. The Hall–Kier alpha value is -1.18. The molecule has 0 saturated heterocycles. The molecule has 0 heterocycles. The number of benzene rings is 1. The fourth-order valence-corrected chi connectivity index (χ4v) is 1.11. The van der Waals surface area contributed by atoms with Gasteiger partial charge in [0.05, 0.1) is 14.2 Å². The molecule has 1 radical (unpaired) electrons. The third kappa shape index (κ3) is 2.38. The van der Waals surface area contributed by atoms with Gasteiger partial charge in [-0.2, -0.15) is 0 Å². The first-order valence-corrected chi connectivity index (χ1v) is 4.23. The molecule has 13 heavy (non-hydrogen) atoms. The van der Waals surface area contributed by atoms with Crippen LogP contribution in [0.5, 0.6) is 11.5 Å². The molecule has 0 aliphatic heterocycles. The molecule has 0 bridgehead atoms. The van der Waals surface area contributed by atoms with E-state index in [0.29, 0.717) is 0 Å². The van der Waals surface area contributed by atoms with Gasteiger partial charge in [0.2, 0.25) is 0 Å². The molecule has 0 spiro atoms. The normalized spacial score (nSPS) is 10.2. The highest BCUT2D eigenvalue weighted by Gasteiger charge is 2.04. The first-order valence-electron chi connectivity index (χ1n) is 4.23. The van der Waals surface area contributed by atoms with Gasteiger partial charge in [-0.25, -0.2) is 0 Å². The van der Waals surface area contributed by atoms with Crippen LogP contribution < -0.4 is 9.47 Å². The molecular formula is C11H15O2. The Kier molecular flexibility index (Phi) is 3.18. The lowest BCUT2D eigenvalue weighted by Crippen LogP contribution is -1.92. The minimum Gasteiger partial charge on any atom is -0.497 e. The summed E-state index contributed by atoms with van der Waals surface area (Å²) in [5, 5.41) is 0. The third-order valence-electron chi connectivity index (χ3n) is 1.94. The van der Waals surface area contributed by atoms with Crippen LogP contribution in [0.25, 0.3) is 0 Å². The van der Waals surface area contributed by atoms with Gasteiger partial charge in [-0.05, 0) is 30.5 Å². The van der Waals surface area contributed by atoms with Gasteiger partial charge in [0.1, 0.15) is 11.5 Å². The maximum absolute atomic E-state index is 5.14. The lowest BCUT2D eigenvalue weighted by molar-refractivity contribution is 0.393. The highest BCUT2D eigenvalue weighted by atomic mass is 16.5. The van der Waals surface area contributed by atoms with E-state index in [-0.39, 0.29) is 5.92 Å². The molecular weight excluding hydrogens is 164 g/mol. The van der Waals surface area contributed by atoms with E-state index < -0.39 is 0 Å². The van der Waals surface area contributed by atoms with Gasteiger partial charge < -0.3 is 9.47 Å². The van der Waals surface area contributed by atoms with E-state index in [0.717, 1.165) is 17.1 Å². The molecule has 0 fully saturated rings. The summed E-state index contributed by atoms with van der Waals surface area (Å²) in [5.74, 6) is 1.86. The zero-order valence-corrected chi connectivity index (χ0v) is 8.33. The molecule has 1 rings (SSSR count). The number of rotatable bonds is 3. The van der Waals surface area contributed by atoms with Crippen molar-refractivity contribution < 1.29 is 9.47 Å². The van der Waals surface area contributed by atoms with Crippen molar-refractivity contribution in [1.29, 1.82) is 0 Å². The Morgan fingerprint density at radius 2 is 1.54 bits per heavy atom. The van der Waals surface area contributed by atoms with Gasteiger partial charge >= 0.3 is 0 Å². The summed E-state index contributed by atoms with van der Waals surface area (Å²) >= 11 is 0. The molecule has 1 aromatic rings. The van der Waals surface area contributed by atoms with Crippen LogP contribution in [0.3, 0.4) is 0 Å². The maximum atomic E-state index is 5.14. The van der Waals surface area contributed by atoms with Crippen molar-refractivity contribution in [2.24, 2.45) is 0 Å². The Morgan fingerprint density at radius 3 is 1.85 bits per heavy atom. The molecule has 0 N–H and O–H groups in total. The first kappa shape index (κ1) is 9.90. The summed E-state index contributed by atoms with van der Waals surface area (Å²) in [4.78, 5) is 0. The second-order valence-corrected chi connectivity index (χ2v) is 3.05. The van der Waals surface area contributed by atoms with Gasteiger partial charge in [0.25, 0.3) is 0 Å². The van der Waals surface area contributed by atoms with Crippen LogP contribution in [0.1, 0.15) is 18.4 Å². The molecule has 1 unspecified atom stereocenters. The number of ether oxygens (including phenoxy) is 2. The second-order valence-electron chi connectivity index (χ2n) is 3.05. The summed E-state index contributed by atoms with van der Waals surface area (Å²) in [6.07, 6.45) is 0. The van der Waals surface area contributed by atoms with Crippen LogP contribution in [0.2, 0.25) is 0 Å². The quantitative estimate of drug-likeness (QED) is 0.710. The maximum Gasteiger partial charge on any atom is 0.122 e. The molecule has 2 heteroatoms. The molecule has 0 aromatic heterocycles. The van der Waals surface area contributed by atoms with Crippen molar-refractivity contribution in [2.45, 2.75) is 12.8 Å². The van der Waals surface area contributed by atoms with Crippen LogP contribution >= 0.6 is 0 Å². The summed E-state index contributed by atoms with van der Waals surface area (Å²) in [6, 6.07) is 5.80. The zero-order chi connectivity index (χ0) is 9.84. The lowest BCUT2D eigenvalue weighted by Gasteiger charge is -2.10. The smallest absolute Gasteiger partial charge is 0.122 e. The SMILES string of the molecule is [CH2]C(C)c1cc(OC)cc(OC)c1. The summed E-state index contributed by atoms with van der Waals surface area (Å²) in [6.45, 7) is 5.98. The molecule has 0 aliphatic carbocycles. The van der Waals surface area contributed by atoms with Gasteiger partial charge in [0, 0.05) is 6.07 Å². The van der Waals surface area contributed by atoms with E-state index in [1.165, 1.54) is 0 Å². The van der Waals surface area contributed by atoms with E-state index in [2.05, 4.69) is 6.92 Å². The highest BCUT2D eigenvalue weighted by Crippen LogP contribution is 2.26. The third-order valence-corrected chi connectivity index (χ3v) is 1.94. The van der Waals surface area contributed by atoms with Crippen molar-refractivity contribution in [2.75, 3.05) is 14.2 Å². The number of methoxy groups -OCH3 is 2. The van der Waals surface area contributed by atoms with E-state index in [9.17, 15) is 0 Å². The largest absolute Gasteiger partial charge is 0.497 e. The van der Waals surface area contributed by atoms with E-state index in [4.69, 9.17) is 9.47 Å². The Morgan fingerprint density at radius 1 is 1.08 bits per heavy atom. The van der Waals surface area contributed by atoms with Crippen LogP contribution in [-0.4, -0.2) is 14.2 Å².